The zero-order valence-electron chi connectivity index (χ0n) is 7.71. The fourth-order valence-corrected chi connectivity index (χ4v) is 1.34. The predicted octanol–water partition coefficient (Wildman–Crippen LogP) is 2.12. The van der Waals surface area contributed by atoms with Crippen LogP contribution in [0, 0.1) is 6.92 Å². The van der Waals surface area contributed by atoms with Crippen molar-refractivity contribution in [2.45, 2.75) is 26.8 Å². The third-order valence-corrected chi connectivity index (χ3v) is 2.22. The Kier molecular flexibility index (Phi) is 2.61. The summed E-state index contributed by atoms with van der Waals surface area (Å²) in [6.45, 7) is 5.59. The quantitative estimate of drug-likeness (QED) is 0.799. The summed E-state index contributed by atoms with van der Waals surface area (Å²) in [7, 11) is 0. The van der Waals surface area contributed by atoms with Gasteiger partial charge in [0, 0.05) is 6.04 Å². The maximum Gasteiger partial charge on any atom is 0.357 e. The SMILES string of the molecule is Cc1c(Cl)c(C(=O)O)nn1C(C)C. The van der Waals surface area contributed by atoms with Crippen molar-refractivity contribution in [2.24, 2.45) is 0 Å². The molecule has 0 aromatic carbocycles. The maximum atomic E-state index is 10.6. The molecule has 0 radical (unpaired) electrons. The lowest BCUT2D eigenvalue weighted by Crippen LogP contribution is -2.06. The van der Waals surface area contributed by atoms with E-state index >= 15 is 0 Å². The summed E-state index contributed by atoms with van der Waals surface area (Å²) in [6, 6.07) is 0.116. The van der Waals surface area contributed by atoms with Crippen LogP contribution in [0.3, 0.4) is 0 Å². The molecule has 1 heterocycles. The van der Waals surface area contributed by atoms with Gasteiger partial charge in [-0.25, -0.2) is 4.79 Å². The van der Waals surface area contributed by atoms with Crippen molar-refractivity contribution in [3.63, 3.8) is 0 Å². The highest BCUT2D eigenvalue weighted by Crippen LogP contribution is 2.22. The van der Waals surface area contributed by atoms with Crippen molar-refractivity contribution in [2.75, 3.05) is 0 Å². The van der Waals surface area contributed by atoms with E-state index in [1.54, 1.807) is 11.6 Å². The molecule has 1 aromatic heterocycles. The number of rotatable bonds is 2. The van der Waals surface area contributed by atoms with Gasteiger partial charge in [0.05, 0.1) is 10.7 Å². The topological polar surface area (TPSA) is 55.1 Å². The number of carboxylic acid groups (broad SMARTS) is 1. The molecule has 5 heteroatoms. The van der Waals surface area contributed by atoms with E-state index in [0.29, 0.717) is 5.69 Å². The van der Waals surface area contributed by atoms with Crippen molar-refractivity contribution in [1.82, 2.24) is 9.78 Å². The van der Waals surface area contributed by atoms with E-state index in [-0.39, 0.29) is 16.8 Å². The third-order valence-electron chi connectivity index (χ3n) is 1.77. The van der Waals surface area contributed by atoms with Crippen molar-refractivity contribution in [1.29, 1.82) is 0 Å². The molecular weight excluding hydrogens is 192 g/mol. The van der Waals surface area contributed by atoms with Crippen LogP contribution in [-0.4, -0.2) is 20.9 Å². The number of hydrogen-bond donors (Lipinski definition) is 1. The lowest BCUT2D eigenvalue weighted by molar-refractivity contribution is 0.0689. The van der Waals surface area contributed by atoms with Crippen LogP contribution in [-0.2, 0) is 0 Å². The first-order chi connectivity index (χ1) is 5.95. The van der Waals surface area contributed by atoms with Crippen molar-refractivity contribution >= 4 is 17.6 Å². The zero-order chi connectivity index (χ0) is 10.2. The normalized spacial score (nSPS) is 10.8. The van der Waals surface area contributed by atoms with Gasteiger partial charge in [-0.3, -0.25) is 4.68 Å². The fourth-order valence-electron chi connectivity index (χ4n) is 1.14. The van der Waals surface area contributed by atoms with Gasteiger partial charge in [-0.2, -0.15) is 5.10 Å². The maximum absolute atomic E-state index is 10.6. The molecule has 0 aliphatic carbocycles. The van der Waals surface area contributed by atoms with Gasteiger partial charge in [-0.15, -0.1) is 0 Å². The molecule has 1 N–H and O–H groups in total. The van der Waals surface area contributed by atoms with Crippen LogP contribution >= 0.6 is 11.6 Å². The number of halogens is 1. The lowest BCUT2D eigenvalue weighted by Gasteiger charge is -2.06. The van der Waals surface area contributed by atoms with Crippen LogP contribution in [0.5, 0.6) is 0 Å². The summed E-state index contributed by atoms with van der Waals surface area (Å²) in [4.78, 5) is 10.6. The Bertz CT molecular complexity index is 344. The number of carbonyl (C=O) groups is 1. The fraction of sp³-hybridized carbons (Fsp3) is 0.500. The minimum absolute atomic E-state index is 0.0760. The molecule has 0 aliphatic heterocycles. The average molecular weight is 203 g/mol. The van der Waals surface area contributed by atoms with Gasteiger partial charge in [0.15, 0.2) is 5.69 Å². The summed E-state index contributed by atoms with van der Waals surface area (Å²) in [6.07, 6.45) is 0. The monoisotopic (exact) mass is 202 g/mol. The molecule has 1 aromatic rings. The molecule has 0 atom stereocenters. The highest BCUT2D eigenvalue weighted by Gasteiger charge is 2.19. The number of aromatic carboxylic acids is 1. The Balaban J connectivity index is 3.28. The molecule has 0 aliphatic rings. The van der Waals surface area contributed by atoms with E-state index in [9.17, 15) is 4.79 Å². The summed E-state index contributed by atoms with van der Waals surface area (Å²) in [5.41, 5.74) is 0.613. The van der Waals surface area contributed by atoms with Gasteiger partial charge < -0.3 is 5.11 Å². The van der Waals surface area contributed by atoms with Gasteiger partial charge in [0.1, 0.15) is 0 Å². The van der Waals surface area contributed by atoms with Crippen molar-refractivity contribution < 1.29 is 9.90 Å². The number of carboxylic acids is 1. The second-order valence-corrected chi connectivity index (χ2v) is 3.47. The summed E-state index contributed by atoms with van der Waals surface area (Å²) in [5, 5.41) is 12.8. The molecule has 0 bridgehead atoms. The van der Waals surface area contributed by atoms with Crippen LogP contribution in [0.4, 0.5) is 0 Å². The molecule has 1 rings (SSSR count). The molecule has 0 saturated carbocycles. The first-order valence-electron chi connectivity index (χ1n) is 3.93. The smallest absolute Gasteiger partial charge is 0.357 e. The van der Waals surface area contributed by atoms with Crippen molar-refractivity contribution in [3.8, 4) is 0 Å². The highest BCUT2D eigenvalue weighted by molar-refractivity contribution is 6.33. The lowest BCUT2D eigenvalue weighted by atomic mass is 10.3. The average Bonchev–Trinajstić information content (AvgIpc) is 2.29. The van der Waals surface area contributed by atoms with Crippen LogP contribution in [0.15, 0.2) is 0 Å². The van der Waals surface area contributed by atoms with E-state index in [0.717, 1.165) is 0 Å². The Morgan fingerprint density at radius 3 is 2.38 bits per heavy atom. The Labute approximate surface area is 81.1 Å². The molecule has 0 saturated heterocycles. The van der Waals surface area contributed by atoms with E-state index in [1.165, 1.54) is 0 Å². The van der Waals surface area contributed by atoms with Gasteiger partial charge in [-0.1, -0.05) is 11.6 Å². The molecule has 72 valence electrons. The molecular formula is C8H11ClN2O2. The first-order valence-corrected chi connectivity index (χ1v) is 4.30. The van der Waals surface area contributed by atoms with Crippen LogP contribution < -0.4 is 0 Å². The second-order valence-electron chi connectivity index (χ2n) is 3.09. The molecule has 13 heavy (non-hydrogen) atoms. The van der Waals surface area contributed by atoms with E-state index in [4.69, 9.17) is 16.7 Å². The Morgan fingerprint density at radius 2 is 2.15 bits per heavy atom. The number of aromatic nitrogens is 2. The van der Waals surface area contributed by atoms with Crippen LogP contribution in [0.25, 0.3) is 0 Å². The molecule has 0 fully saturated rings. The van der Waals surface area contributed by atoms with E-state index in [2.05, 4.69) is 5.10 Å². The predicted molar refractivity (Wildman–Crippen MR) is 49.3 cm³/mol. The summed E-state index contributed by atoms with van der Waals surface area (Å²) in [5.74, 6) is -1.09. The number of hydrogen-bond acceptors (Lipinski definition) is 2. The minimum Gasteiger partial charge on any atom is -0.476 e. The van der Waals surface area contributed by atoms with Gasteiger partial charge in [-0.05, 0) is 20.8 Å². The Morgan fingerprint density at radius 1 is 1.62 bits per heavy atom. The molecule has 0 unspecified atom stereocenters. The second kappa shape index (κ2) is 3.38. The zero-order valence-corrected chi connectivity index (χ0v) is 8.46. The van der Waals surface area contributed by atoms with Gasteiger partial charge in [0.25, 0.3) is 0 Å². The third kappa shape index (κ3) is 1.67. The summed E-state index contributed by atoms with van der Waals surface area (Å²) >= 11 is 5.79. The Hall–Kier alpha value is -1.03. The molecule has 0 spiro atoms. The van der Waals surface area contributed by atoms with E-state index in [1.807, 2.05) is 13.8 Å². The number of nitrogens with zero attached hydrogens (tertiary/aromatic N) is 2. The van der Waals surface area contributed by atoms with Gasteiger partial charge in [0.2, 0.25) is 0 Å². The standard InChI is InChI=1S/C8H11ClN2O2/c1-4(2)11-5(3)6(9)7(10-11)8(12)13/h4H,1-3H3,(H,12,13). The summed E-state index contributed by atoms with van der Waals surface area (Å²) < 4.78 is 1.60. The largest absolute Gasteiger partial charge is 0.476 e. The first kappa shape index (κ1) is 10.1. The molecule has 4 nitrogen and oxygen atoms in total. The van der Waals surface area contributed by atoms with E-state index < -0.39 is 5.97 Å². The highest BCUT2D eigenvalue weighted by atomic mass is 35.5. The van der Waals surface area contributed by atoms with Gasteiger partial charge >= 0.3 is 5.97 Å². The minimum atomic E-state index is -1.09. The molecule has 0 amide bonds. The van der Waals surface area contributed by atoms with Crippen LogP contribution in [0.2, 0.25) is 5.02 Å². The van der Waals surface area contributed by atoms with Crippen LogP contribution in [0.1, 0.15) is 36.1 Å². The van der Waals surface area contributed by atoms with Crippen molar-refractivity contribution in [3.05, 3.63) is 16.4 Å².